The predicted octanol–water partition coefficient (Wildman–Crippen LogP) is 3.27. The average molecular weight is 419 g/mol. The van der Waals surface area contributed by atoms with Crippen molar-refractivity contribution in [2.75, 3.05) is 23.8 Å². The number of hydrogen-bond acceptors (Lipinski definition) is 7. The zero-order chi connectivity index (χ0) is 21.0. The minimum absolute atomic E-state index is 0.116. The molecule has 5 rings (SSSR count). The minimum atomic E-state index is -4.56. The van der Waals surface area contributed by atoms with Gasteiger partial charge in [0.15, 0.2) is 11.6 Å². The highest BCUT2D eigenvalue weighted by Gasteiger charge is 2.35. The molecule has 3 aromatic rings. The lowest BCUT2D eigenvalue weighted by atomic mass is 9.89. The summed E-state index contributed by atoms with van der Waals surface area (Å²) < 4.78 is 45.4. The van der Waals surface area contributed by atoms with Crippen LogP contribution in [0.2, 0.25) is 0 Å². The third-order valence-corrected chi connectivity index (χ3v) is 5.53. The summed E-state index contributed by atoms with van der Waals surface area (Å²) >= 11 is 0. The van der Waals surface area contributed by atoms with Crippen molar-refractivity contribution in [2.24, 2.45) is 0 Å². The van der Waals surface area contributed by atoms with E-state index in [2.05, 4.69) is 36.7 Å². The summed E-state index contributed by atoms with van der Waals surface area (Å²) in [5.41, 5.74) is 1.94. The van der Waals surface area contributed by atoms with Crippen LogP contribution in [-0.2, 0) is 6.18 Å². The van der Waals surface area contributed by atoms with Crippen molar-refractivity contribution in [2.45, 2.75) is 44.1 Å². The van der Waals surface area contributed by atoms with Crippen LogP contribution in [0.25, 0.3) is 11.0 Å². The van der Waals surface area contributed by atoms with Crippen molar-refractivity contribution in [1.29, 1.82) is 0 Å². The first-order valence-electron chi connectivity index (χ1n) is 9.70. The molecule has 0 amide bonds. The van der Waals surface area contributed by atoms with Crippen molar-refractivity contribution in [3.8, 4) is 5.75 Å². The van der Waals surface area contributed by atoms with Crippen LogP contribution < -0.4 is 15.0 Å². The Morgan fingerprint density at radius 2 is 1.90 bits per heavy atom. The molecule has 1 saturated carbocycles. The Hall–Kier alpha value is -3.11. The van der Waals surface area contributed by atoms with Crippen molar-refractivity contribution in [3.63, 3.8) is 0 Å². The number of aromatic nitrogens is 5. The van der Waals surface area contributed by atoms with Crippen LogP contribution in [0.1, 0.15) is 31.6 Å². The summed E-state index contributed by atoms with van der Waals surface area (Å²) in [6.07, 6.45) is 0.854. The molecule has 0 bridgehead atoms. The lowest BCUT2D eigenvalue weighted by Crippen LogP contribution is -2.43. The molecular formula is C19H20F3N7O. The molecule has 3 aromatic heterocycles. The third-order valence-electron chi connectivity index (χ3n) is 5.53. The van der Waals surface area contributed by atoms with Gasteiger partial charge in [-0.15, -0.1) is 0 Å². The van der Waals surface area contributed by atoms with Gasteiger partial charge in [0.1, 0.15) is 11.6 Å². The Morgan fingerprint density at radius 1 is 1.17 bits per heavy atom. The van der Waals surface area contributed by atoms with Gasteiger partial charge in [-0.3, -0.25) is 0 Å². The van der Waals surface area contributed by atoms with E-state index >= 15 is 0 Å². The van der Waals surface area contributed by atoms with Crippen LogP contribution in [0.15, 0.2) is 24.7 Å². The molecule has 158 valence electrons. The van der Waals surface area contributed by atoms with Gasteiger partial charge in [-0.2, -0.15) is 18.2 Å². The van der Waals surface area contributed by atoms with Crippen LogP contribution in [0, 0.1) is 0 Å². The van der Waals surface area contributed by atoms with Gasteiger partial charge in [0, 0.05) is 44.7 Å². The number of nitrogens with zero attached hydrogens (tertiary/aromatic N) is 6. The molecule has 11 heteroatoms. The number of halogens is 3. The Labute approximate surface area is 170 Å². The van der Waals surface area contributed by atoms with Crippen LogP contribution in [0.5, 0.6) is 5.75 Å². The molecule has 0 radical (unpaired) electrons. The smallest absolute Gasteiger partial charge is 0.451 e. The first-order valence-corrected chi connectivity index (χ1v) is 9.70. The van der Waals surface area contributed by atoms with E-state index in [0.717, 1.165) is 35.8 Å². The molecule has 1 aliphatic carbocycles. The minimum Gasteiger partial charge on any atom is -0.487 e. The van der Waals surface area contributed by atoms with Crippen molar-refractivity contribution in [1.82, 2.24) is 24.5 Å². The van der Waals surface area contributed by atoms with Crippen LogP contribution in [0.3, 0.4) is 0 Å². The topological polar surface area (TPSA) is 81.0 Å². The van der Waals surface area contributed by atoms with Crippen LogP contribution >= 0.6 is 0 Å². The Balaban J connectivity index is 1.22. The van der Waals surface area contributed by atoms with E-state index in [1.54, 1.807) is 0 Å². The van der Waals surface area contributed by atoms with Gasteiger partial charge in [0.25, 0.3) is 0 Å². The van der Waals surface area contributed by atoms with E-state index in [1.807, 2.05) is 19.3 Å². The molecular weight excluding hydrogens is 399 g/mol. The fourth-order valence-corrected chi connectivity index (χ4v) is 4.00. The summed E-state index contributed by atoms with van der Waals surface area (Å²) in [7, 11) is 2.03. The molecule has 1 N–H and O–H groups in total. The lowest BCUT2D eigenvalue weighted by Gasteiger charge is -2.36. The van der Waals surface area contributed by atoms with E-state index in [-0.39, 0.29) is 17.9 Å². The molecule has 0 unspecified atom stereocenters. The van der Waals surface area contributed by atoms with Gasteiger partial charge >= 0.3 is 6.18 Å². The standard InChI is InChI=1S/C19H20F3N7O/c1-10-9-28(2)16-15-14(3-4-29(10)15)26-18(27-16)25-11-5-12(6-11)30-13-7-23-17(24-8-13)19(20,21)22/h3-4,7-8,10-12H,5-6,9H2,1-2H3,(H,25,26,27)/t10-,11-,12-/m1/s1. The van der Waals surface area contributed by atoms with Gasteiger partial charge in [-0.25, -0.2) is 15.0 Å². The third kappa shape index (κ3) is 3.27. The zero-order valence-corrected chi connectivity index (χ0v) is 16.4. The van der Waals surface area contributed by atoms with E-state index in [4.69, 9.17) is 9.72 Å². The van der Waals surface area contributed by atoms with E-state index < -0.39 is 12.0 Å². The number of anilines is 2. The maximum absolute atomic E-state index is 12.5. The number of nitrogens with one attached hydrogen (secondary N) is 1. The Kier molecular flexibility index (Phi) is 4.23. The SMILES string of the molecule is C[C@@H]1CN(C)c2nc(N[C@H]3C[C@H](Oc4cnc(C(F)(F)F)nc4)C3)nc3ccn1c23. The van der Waals surface area contributed by atoms with E-state index in [1.165, 1.54) is 0 Å². The molecule has 1 fully saturated rings. The highest BCUT2D eigenvalue weighted by atomic mass is 19.4. The number of hydrogen-bond donors (Lipinski definition) is 1. The first-order chi connectivity index (χ1) is 14.3. The summed E-state index contributed by atoms with van der Waals surface area (Å²) in [6, 6.07) is 2.49. The monoisotopic (exact) mass is 419 g/mol. The van der Waals surface area contributed by atoms with Crippen LogP contribution in [0.4, 0.5) is 24.9 Å². The first kappa shape index (κ1) is 18.9. The lowest BCUT2D eigenvalue weighted by molar-refractivity contribution is -0.145. The van der Waals surface area contributed by atoms with Gasteiger partial charge in [0.05, 0.1) is 17.9 Å². The van der Waals surface area contributed by atoms with E-state index in [0.29, 0.717) is 24.8 Å². The maximum atomic E-state index is 12.5. The second-order valence-electron chi connectivity index (χ2n) is 7.85. The summed E-state index contributed by atoms with van der Waals surface area (Å²) in [6.45, 7) is 3.04. The van der Waals surface area contributed by atoms with Crippen molar-refractivity contribution >= 4 is 22.8 Å². The highest BCUT2D eigenvalue weighted by Crippen LogP contribution is 2.34. The highest BCUT2D eigenvalue weighted by molar-refractivity contribution is 5.89. The van der Waals surface area contributed by atoms with Gasteiger partial charge in [-0.05, 0) is 13.0 Å². The van der Waals surface area contributed by atoms with E-state index in [9.17, 15) is 13.2 Å². The Bertz CT molecular complexity index is 1080. The van der Waals surface area contributed by atoms with Gasteiger partial charge < -0.3 is 19.5 Å². The summed E-state index contributed by atoms with van der Waals surface area (Å²) in [5.74, 6) is 0.524. The fraction of sp³-hybridized carbons (Fsp3) is 0.474. The average Bonchev–Trinajstić information content (AvgIpc) is 3.09. The number of ether oxygens (including phenoxy) is 1. The number of likely N-dealkylation sites (N-methyl/N-ethyl adjacent to an activating group) is 1. The van der Waals surface area contributed by atoms with Crippen molar-refractivity contribution < 1.29 is 17.9 Å². The van der Waals surface area contributed by atoms with Gasteiger partial charge in [0.2, 0.25) is 11.8 Å². The summed E-state index contributed by atoms with van der Waals surface area (Å²) in [5, 5.41) is 3.34. The predicted molar refractivity (Wildman–Crippen MR) is 104 cm³/mol. The molecule has 0 saturated heterocycles. The largest absolute Gasteiger partial charge is 0.487 e. The molecule has 8 nitrogen and oxygen atoms in total. The maximum Gasteiger partial charge on any atom is 0.451 e. The molecule has 0 spiro atoms. The van der Waals surface area contributed by atoms with Gasteiger partial charge in [-0.1, -0.05) is 0 Å². The molecule has 30 heavy (non-hydrogen) atoms. The molecule has 2 aliphatic rings. The quantitative estimate of drug-likeness (QED) is 0.695. The second kappa shape index (κ2) is 6.71. The second-order valence-corrected chi connectivity index (χ2v) is 7.85. The fourth-order valence-electron chi connectivity index (χ4n) is 4.00. The summed E-state index contributed by atoms with van der Waals surface area (Å²) in [4.78, 5) is 18.1. The molecule has 0 aromatic carbocycles. The molecule has 1 aliphatic heterocycles. The molecule has 4 heterocycles. The molecule has 1 atom stereocenters. The zero-order valence-electron chi connectivity index (χ0n) is 16.4. The Morgan fingerprint density at radius 3 is 2.60 bits per heavy atom. The van der Waals surface area contributed by atoms with Crippen LogP contribution in [-0.4, -0.2) is 50.2 Å². The number of rotatable bonds is 4. The van der Waals surface area contributed by atoms with Crippen molar-refractivity contribution in [3.05, 3.63) is 30.5 Å². The number of alkyl halides is 3. The normalized spacial score (nSPS) is 23.4.